The Bertz CT molecular complexity index is 747. The summed E-state index contributed by atoms with van der Waals surface area (Å²) in [5.74, 6) is 4.15. The summed E-state index contributed by atoms with van der Waals surface area (Å²) >= 11 is 0. The van der Waals surface area contributed by atoms with Crippen LogP contribution in [0.4, 0.5) is 0 Å². The van der Waals surface area contributed by atoms with Gasteiger partial charge in [0, 0.05) is 0 Å². The Labute approximate surface area is 179 Å². The molecule has 0 spiro atoms. The number of aryl methyl sites for hydroxylation is 1. The van der Waals surface area contributed by atoms with E-state index in [1.165, 1.54) is 49.7 Å². The molecule has 1 N–H and O–H groups in total. The minimum Gasteiger partial charge on any atom is -0.393 e. The van der Waals surface area contributed by atoms with Crippen molar-refractivity contribution in [2.75, 3.05) is 0 Å². The quantitative estimate of drug-likeness (QED) is 0.568. The lowest BCUT2D eigenvalue weighted by Gasteiger charge is -2.45. The molecule has 6 unspecified atom stereocenters. The minimum absolute atomic E-state index is 0.127. The molecule has 3 aliphatic carbocycles. The second-order valence-electron chi connectivity index (χ2n) is 11.6. The number of hydrogen-bond donors (Lipinski definition) is 1. The summed E-state index contributed by atoms with van der Waals surface area (Å²) < 4.78 is 0. The first-order valence-corrected chi connectivity index (χ1v) is 12.5. The van der Waals surface area contributed by atoms with Crippen LogP contribution in [-0.4, -0.2) is 11.2 Å². The van der Waals surface area contributed by atoms with Gasteiger partial charge in [-0.25, -0.2) is 0 Å². The molecular formula is C28H44O. The summed E-state index contributed by atoms with van der Waals surface area (Å²) in [5.41, 5.74) is 8.41. The third kappa shape index (κ3) is 3.71. The monoisotopic (exact) mass is 396 g/mol. The largest absolute Gasteiger partial charge is 0.393 e. The Morgan fingerprint density at radius 3 is 2.52 bits per heavy atom. The molecule has 0 saturated heterocycles. The highest BCUT2D eigenvalue weighted by Gasteiger charge is 2.51. The van der Waals surface area contributed by atoms with Crippen LogP contribution < -0.4 is 0 Å². The maximum absolute atomic E-state index is 10.2. The summed E-state index contributed by atoms with van der Waals surface area (Å²) in [6, 6.07) is 2.60. The van der Waals surface area contributed by atoms with Crippen LogP contribution in [-0.2, 0) is 19.3 Å². The zero-order valence-corrected chi connectivity index (χ0v) is 19.9. The Morgan fingerprint density at radius 1 is 1.03 bits per heavy atom. The summed E-state index contributed by atoms with van der Waals surface area (Å²) in [4.78, 5) is 0. The zero-order valence-electron chi connectivity index (χ0n) is 19.9. The highest BCUT2D eigenvalue weighted by atomic mass is 16.3. The van der Waals surface area contributed by atoms with Crippen molar-refractivity contribution in [3.8, 4) is 0 Å². The van der Waals surface area contributed by atoms with Gasteiger partial charge >= 0.3 is 0 Å². The van der Waals surface area contributed by atoms with Crippen molar-refractivity contribution in [3.05, 3.63) is 33.9 Å². The third-order valence-electron chi connectivity index (χ3n) is 9.76. The summed E-state index contributed by atoms with van der Waals surface area (Å²) in [5, 5.41) is 10.2. The molecular weight excluding hydrogens is 352 g/mol. The highest BCUT2D eigenvalue weighted by Crippen LogP contribution is 2.61. The van der Waals surface area contributed by atoms with Crippen molar-refractivity contribution in [2.45, 2.75) is 111 Å². The van der Waals surface area contributed by atoms with Crippen LogP contribution in [0.1, 0.15) is 107 Å². The van der Waals surface area contributed by atoms with Crippen molar-refractivity contribution in [1.29, 1.82) is 0 Å². The summed E-state index contributed by atoms with van der Waals surface area (Å²) in [6.07, 6.45) is 11.0. The van der Waals surface area contributed by atoms with Gasteiger partial charge in [0.1, 0.15) is 0 Å². The minimum atomic E-state index is -0.127. The second kappa shape index (κ2) is 8.03. The van der Waals surface area contributed by atoms with Crippen molar-refractivity contribution in [2.24, 2.45) is 29.1 Å². The van der Waals surface area contributed by atoms with Gasteiger partial charge in [0.2, 0.25) is 0 Å². The molecule has 0 radical (unpaired) electrons. The van der Waals surface area contributed by atoms with Gasteiger partial charge in [-0.2, -0.15) is 0 Å². The molecule has 162 valence electrons. The molecule has 0 bridgehead atoms. The van der Waals surface area contributed by atoms with Crippen LogP contribution in [0.2, 0.25) is 0 Å². The Hall–Kier alpha value is -0.820. The standard InChI is InChI=1S/C28H44O/c1-17(2)18(3)7-8-19(4)26-11-12-27-25-15-21-9-10-22(29)16-24(21)20(5)23(25)13-14-28(26,27)6/h15,17-19,22,26-27,29H,7-14,16H2,1-6H3. The first-order chi connectivity index (χ1) is 13.7. The third-order valence-corrected chi connectivity index (χ3v) is 9.76. The Kier molecular flexibility index (Phi) is 5.93. The predicted molar refractivity (Wildman–Crippen MR) is 124 cm³/mol. The van der Waals surface area contributed by atoms with E-state index in [4.69, 9.17) is 0 Å². The van der Waals surface area contributed by atoms with Crippen LogP contribution in [0.3, 0.4) is 0 Å². The molecule has 0 aliphatic heterocycles. The Balaban J connectivity index is 1.57. The molecule has 1 nitrogen and oxygen atoms in total. The average Bonchev–Trinajstić information content (AvgIpc) is 3.04. The van der Waals surface area contributed by atoms with Crippen LogP contribution >= 0.6 is 0 Å². The fraction of sp³-hybridized carbons (Fsp3) is 0.786. The van der Waals surface area contributed by atoms with Crippen molar-refractivity contribution in [3.63, 3.8) is 0 Å². The van der Waals surface area contributed by atoms with Gasteiger partial charge in [0.25, 0.3) is 0 Å². The van der Waals surface area contributed by atoms with E-state index < -0.39 is 0 Å². The smallest absolute Gasteiger partial charge is 0.0583 e. The van der Waals surface area contributed by atoms with Gasteiger partial charge in [-0.15, -0.1) is 0 Å². The maximum atomic E-state index is 10.2. The number of rotatable bonds is 5. The molecule has 29 heavy (non-hydrogen) atoms. The van der Waals surface area contributed by atoms with E-state index in [0.717, 1.165) is 48.9 Å². The van der Waals surface area contributed by atoms with Gasteiger partial charge in [-0.05, 0) is 115 Å². The van der Waals surface area contributed by atoms with E-state index in [2.05, 4.69) is 47.6 Å². The van der Waals surface area contributed by atoms with Crippen LogP contribution in [0.5, 0.6) is 0 Å². The van der Waals surface area contributed by atoms with Gasteiger partial charge in [-0.1, -0.05) is 53.5 Å². The first-order valence-electron chi connectivity index (χ1n) is 12.5. The molecule has 6 atom stereocenters. The fourth-order valence-electron chi connectivity index (χ4n) is 7.33. The molecule has 1 fully saturated rings. The number of benzene rings is 1. The number of fused-ring (bicyclic) bond motifs is 4. The molecule has 1 saturated carbocycles. The van der Waals surface area contributed by atoms with Gasteiger partial charge in [0.05, 0.1) is 6.10 Å². The van der Waals surface area contributed by atoms with E-state index in [0.29, 0.717) is 5.41 Å². The van der Waals surface area contributed by atoms with Crippen molar-refractivity contribution >= 4 is 0 Å². The van der Waals surface area contributed by atoms with Crippen LogP contribution in [0.25, 0.3) is 0 Å². The SMILES string of the molecule is Cc1c2c(cc3c1CCC1(C)C3CCC1C(C)CCC(C)C(C)C)CCC(O)C2. The lowest BCUT2D eigenvalue weighted by Crippen LogP contribution is -2.36. The van der Waals surface area contributed by atoms with Gasteiger partial charge in [-0.3, -0.25) is 0 Å². The van der Waals surface area contributed by atoms with Gasteiger partial charge in [0.15, 0.2) is 0 Å². The number of aliphatic hydroxyl groups excluding tert-OH is 1. The van der Waals surface area contributed by atoms with E-state index in [1.54, 1.807) is 16.7 Å². The molecule has 0 aromatic heterocycles. The normalized spacial score (nSPS) is 33.2. The number of aliphatic hydroxyl groups is 1. The van der Waals surface area contributed by atoms with E-state index >= 15 is 0 Å². The molecule has 4 rings (SSSR count). The summed E-state index contributed by atoms with van der Waals surface area (Å²) in [7, 11) is 0. The fourth-order valence-corrected chi connectivity index (χ4v) is 7.33. The highest BCUT2D eigenvalue weighted by molar-refractivity contribution is 5.50. The number of hydrogen-bond acceptors (Lipinski definition) is 1. The molecule has 0 heterocycles. The van der Waals surface area contributed by atoms with E-state index in [-0.39, 0.29) is 6.10 Å². The maximum Gasteiger partial charge on any atom is 0.0583 e. The van der Waals surface area contributed by atoms with Crippen LogP contribution in [0.15, 0.2) is 6.07 Å². The second-order valence-corrected chi connectivity index (χ2v) is 11.6. The van der Waals surface area contributed by atoms with Crippen LogP contribution in [0, 0.1) is 36.0 Å². The lowest BCUT2D eigenvalue weighted by molar-refractivity contribution is 0.115. The topological polar surface area (TPSA) is 20.2 Å². The predicted octanol–water partition coefficient (Wildman–Crippen LogP) is 7.00. The summed E-state index contributed by atoms with van der Waals surface area (Å²) in [6.45, 7) is 14.7. The average molecular weight is 397 g/mol. The molecule has 0 amide bonds. The lowest BCUT2D eigenvalue weighted by atomic mass is 9.59. The van der Waals surface area contributed by atoms with Crippen molar-refractivity contribution < 1.29 is 5.11 Å². The van der Waals surface area contributed by atoms with Gasteiger partial charge < -0.3 is 5.11 Å². The Morgan fingerprint density at radius 2 is 1.79 bits per heavy atom. The van der Waals surface area contributed by atoms with Crippen molar-refractivity contribution in [1.82, 2.24) is 0 Å². The molecule has 1 heteroatoms. The van der Waals surface area contributed by atoms with E-state index in [9.17, 15) is 5.11 Å². The molecule has 1 aromatic carbocycles. The van der Waals surface area contributed by atoms with E-state index in [1.807, 2.05) is 0 Å². The molecule has 1 aromatic rings. The zero-order chi connectivity index (χ0) is 20.9. The molecule has 3 aliphatic rings. The first kappa shape index (κ1) is 21.4.